The third-order valence-electron chi connectivity index (χ3n) is 3.47. The number of nitrogens with zero attached hydrogens (tertiary/aromatic N) is 2. The van der Waals surface area contributed by atoms with Crippen molar-refractivity contribution < 1.29 is 14.3 Å². The van der Waals surface area contributed by atoms with Gasteiger partial charge < -0.3 is 9.64 Å². The van der Waals surface area contributed by atoms with Crippen LogP contribution < -0.4 is 0 Å². The van der Waals surface area contributed by atoms with E-state index in [0.717, 1.165) is 25.1 Å². The third-order valence-corrected chi connectivity index (χ3v) is 3.47. The molecule has 1 aromatic carbocycles. The lowest BCUT2D eigenvalue weighted by Crippen LogP contribution is -2.47. The van der Waals surface area contributed by atoms with Crippen LogP contribution in [0.3, 0.4) is 0 Å². The molecule has 1 aromatic rings. The maximum Gasteiger partial charge on any atom is 0.320 e. The molecular formula is C16H22N2O3. The molecule has 21 heavy (non-hydrogen) atoms. The third kappa shape index (κ3) is 4.86. The van der Waals surface area contributed by atoms with E-state index < -0.39 is 0 Å². The summed E-state index contributed by atoms with van der Waals surface area (Å²) in [4.78, 5) is 27.5. The zero-order valence-electron chi connectivity index (χ0n) is 12.5. The normalized spacial score (nSPS) is 13.9. The van der Waals surface area contributed by atoms with Gasteiger partial charge in [0.25, 0.3) is 0 Å². The summed E-state index contributed by atoms with van der Waals surface area (Å²) in [5.41, 5.74) is 1.08. The van der Waals surface area contributed by atoms with Crippen LogP contribution >= 0.6 is 0 Å². The number of rotatable bonds is 7. The Morgan fingerprint density at radius 1 is 1.19 bits per heavy atom. The molecule has 1 heterocycles. The lowest BCUT2D eigenvalue weighted by molar-refractivity contribution is -0.145. The molecule has 0 unspecified atom stereocenters. The van der Waals surface area contributed by atoms with Crippen LogP contribution in [0.1, 0.15) is 18.9 Å². The second kappa shape index (κ2) is 7.78. The maximum absolute atomic E-state index is 12.1. The number of carbonyl (C=O) groups excluding carboxylic acids is 2. The van der Waals surface area contributed by atoms with Crippen LogP contribution in [0.2, 0.25) is 0 Å². The van der Waals surface area contributed by atoms with Crippen molar-refractivity contribution in [2.75, 3.05) is 32.8 Å². The van der Waals surface area contributed by atoms with E-state index in [2.05, 4.69) is 0 Å². The second-order valence-corrected chi connectivity index (χ2v) is 5.17. The van der Waals surface area contributed by atoms with Crippen molar-refractivity contribution in [2.45, 2.75) is 19.9 Å². The molecule has 1 fully saturated rings. The van der Waals surface area contributed by atoms with Gasteiger partial charge >= 0.3 is 5.97 Å². The molecule has 1 aliphatic heterocycles. The van der Waals surface area contributed by atoms with Crippen molar-refractivity contribution in [3.05, 3.63) is 35.9 Å². The van der Waals surface area contributed by atoms with E-state index in [0.29, 0.717) is 13.2 Å². The number of hydrogen-bond donors (Lipinski definition) is 0. The number of likely N-dealkylation sites (tertiary alicyclic amines) is 1. The molecule has 0 aromatic heterocycles. The van der Waals surface area contributed by atoms with E-state index in [4.69, 9.17) is 4.74 Å². The molecule has 0 spiro atoms. The molecule has 0 radical (unpaired) electrons. The quantitative estimate of drug-likeness (QED) is 0.710. The van der Waals surface area contributed by atoms with Crippen LogP contribution in [0.15, 0.2) is 30.3 Å². The molecule has 0 N–H and O–H groups in total. The van der Waals surface area contributed by atoms with Crippen molar-refractivity contribution in [3.8, 4) is 0 Å². The second-order valence-electron chi connectivity index (χ2n) is 5.17. The van der Waals surface area contributed by atoms with Gasteiger partial charge in [-0.1, -0.05) is 30.3 Å². The molecule has 1 saturated heterocycles. The van der Waals surface area contributed by atoms with E-state index in [1.165, 1.54) is 0 Å². The maximum atomic E-state index is 12.1. The summed E-state index contributed by atoms with van der Waals surface area (Å²) in [5, 5.41) is 0. The van der Waals surface area contributed by atoms with Crippen LogP contribution in [0.5, 0.6) is 0 Å². The Kier molecular flexibility index (Phi) is 5.75. The molecule has 0 bridgehead atoms. The van der Waals surface area contributed by atoms with E-state index in [-0.39, 0.29) is 25.0 Å². The number of ether oxygens (including phenoxy) is 1. The van der Waals surface area contributed by atoms with Gasteiger partial charge in [-0.15, -0.1) is 0 Å². The minimum Gasteiger partial charge on any atom is -0.465 e. The van der Waals surface area contributed by atoms with Crippen molar-refractivity contribution >= 4 is 11.9 Å². The number of carbonyl (C=O) groups is 2. The van der Waals surface area contributed by atoms with E-state index in [1.807, 2.05) is 40.1 Å². The summed E-state index contributed by atoms with van der Waals surface area (Å²) in [7, 11) is 0. The molecular weight excluding hydrogens is 268 g/mol. The first-order valence-electron chi connectivity index (χ1n) is 7.38. The van der Waals surface area contributed by atoms with Crippen molar-refractivity contribution in [3.63, 3.8) is 0 Å². The number of hydrogen-bond acceptors (Lipinski definition) is 4. The Morgan fingerprint density at radius 2 is 1.90 bits per heavy atom. The smallest absolute Gasteiger partial charge is 0.320 e. The molecule has 5 heteroatoms. The fourth-order valence-electron chi connectivity index (χ4n) is 2.26. The Balaban J connectivity index is 1.95. The standard InChI is InChI=1S/C16H22N2O3/c1-2-21-16(20)13-17(11-14-7-4-3-5-8-14)12-15(19)18-9-6-10-18/h3-5,7-8H,2,6,9-13H2,1H3. The minimum atomic E-state index is -0.287. The zero-order valence-corrected chi connectivity index (χ0v) is 12.5. The highest BCUT2D eigenvalue weighted by molar-refractivity contribution is 5.80. The predicted octanol–water partition coefficient (Wildman–Crippen LogP) is 1.28. The van der Waals surface area contributed by atoms with Gasteiger partial charge in [0.2, 0.25) is 5.91 Å². The van der Waals surface area contributed by atoms with Crippen LogP contribution in [0, 0.1) is 0 Å². The van der Waals surface area contributed by atoms with Gasteiger partial charge in [0.05, 0.1) is 19.7 Å². The molecule has 2 rings (SSSR count). The number of benzene rings is 1. The highest BCUT2D eigenvalue weighted by Gasteiger charge is 2.23. The Morgan fingerprint density at radius 3 is 2.48 bits per heavy atom. The minimum absolute atomic E-state index is 0.0847. The van der Waals surface area contributed by atoms with E-state index in [9.17, 15) is 9.59 Å². The van der Waals surface area contributed by atoms with Gasteiger partial charge in [0.1, 0.15) is 0 Å². The Labute approximate surface area is 125 Å². The lowest BCUT2D eigenvalue weighted by atomic mass is 10.2. The molecule has 0 atom stereocenters. The first-order valence-corrected chi connectivity index (χ1v) is 7.38. The van der Waals surface area contributed by atoms with Crippen molar-refractivity contribution in [1.82, 2.24) is 9.80 Å². The van der Waals surface area contributed by atoms with Gasteiger partial charge in [-0.2, -0.15) is 0 Å². The SMILES string of the molecule is CCOC(=O)CN(CC(=O)N1CCC1)Cc1ccccc1. The van der Waals surface area contributed by atoms with E-state index >= 15 is 0 Å². The molecule has 5 nitrogen and oxygen atoms in total. The number of amides is 1. The number of esters is 1. The summed E-state index contributed by atoms with van der Waals surface area (Å²) in [6, 6.07) is 9.84. The molecule has 114 valence electrons. The molecule has 0 saturated carbocycles. The van der Waals surface area contributed by atoms with Crippen LogP contribution in [-0.4, -0.2) is 54.5 Å². The monoisotopic (exact) mass is 290 g/mol. The van der Waals surface area contributed by atoms with Gasteiger partial charge in [-0.3, -0.25) is 14.5 Å². The Bertz CT molecular complexity index is 472. The molecule has 1 amide bonds. The summed E-state index contributed by atoms with van der Waals surface area (Å²) in [6.45, 7) is 4.77. The average molecular weight is 290 g/mol. The van der Waals surface area contributed by atoms with Gasteiger partial charge in [-0.25, -0.2) is 0 Å². The van der Waals surface area contributed by atoms with E-state index in [1.54, 1.807) is 6.92 Å². The van der Waals surface area contributed by atoms with Crippen LogP contribution in [-0.2, 0) is 20.9 Å². The lowest BCUT2D eigenvalue weighted by Gasteiger charge is -2.33. The van der Waals surface area contributed by atoms with Crippen molar-refractivity contribution in [2.24, 2.45) is 0 Å². The average Bonchev–Trinajstić information content (AvgIpc) is 2.37. The Hall–Kier alpha value is -1.88. The first kappa shape index (κ1) is 15.5. The summed E-state index contributed by atoms with van der Waals surface area (Å²) >= 11 is 0. The largest absolute Gasteiger partial charge is 0.465 e. The summed E-state index contributed by atoms with van der Waals surface area (Å²) < 4.78 is 4.99. The first-order chi connectivity index (χ1) is 10.2. The fraction of sp³-hybridized carbons (Fsp3) is 0.500. The predicted molar refractivity (Wildman–Crippen MR) is 79.5 cm³/mol. The zero-order chi connectivity index (χ0) is 15.1. The highest BCUT2D eigenvalue weighted by atomic mass is 16.5. The topological polar surface area (TPSA) is 49.9 Å². The van der Waals surface area contributed by atoms with Gasteiger partial charge in [0.15, 0.2) is 0 Å². The highest BCUT2D eigenvalue weighted by Crippen LogP contribution is 2.09. The van der Waals surface area contributed by atoms with Gasteiger partial charge in [0, 0.05) is 19.6 Å². The van der Waals surface area contributed by atoms with Crippen LogP contribution in [0.4, 0.5) is 0 Å². The molecule has 0 aliphatic carbocycles. The fourth-order valence-corrected chi connectivity index (χ4v) is 2.26. The van der Waals surface area contributed by atoms with Gasteiger partial charge in [-0.05, 0) is 18.9 Å². The summed E-state index contributed by atoms with van der Waals surface area (Å²) in [6.07, 6.45) is 1.07. The van der Waals surface area contributed by atoms with Crippen LogP contribution in [0.25, 0.3) is 0 Å². The molecule has 1 aliphatic rings. The van der Waals surface area contributed by atoms with Crippen molar-refractivity contribution in [1.29, 1.82) is 0 Å². The summed E-state index contributed by atoms with van der Waals surface area (Å²) in [5.74, 6) is -0.202.